The van der Waals surface area contributed by atoms with Gasteiger partial charge >= 0.3 is 11.9 Å². The van der Waals surface area contributed by atoms with Gasteiger partial charge in [0.15, 0.2) is 0 Å². The van der Waals surface area contributed by atoms with Crippen molar-refractivity contribution in [2.24, 2.45) is 17.6 Å². The van der Waals surface area contributed by atoms with Crippen molar-refractivity contribution in [2.75, 3.05) is 43.3 Å². The Morgan fingerprint density at radius 3 is 1.69 bits per heavy atom. The smallest absolute Gasteiger partial charge is 0.305 e. The van der Waals surface area contributed by atoms with Crippen LogP contribution in [-0.2, 0) is 39.6 Å². The minimum absolute atomic E-state index is 0. The number of hydrogen-bond donors (Lipinski definition) is 4. The van der Waals surface area contributed by atoms with Crippen molar-refractivity contribution in [1.82, 2.24) is 25.4 Å². The molecule has 6 heterocycles. The van der Waals surface area contributed by atoms with Crippen LogP contribution in [0.2, 0.25) is 0 Å². The minimum Gasteiger partial charge on any atom is -0.530 e. The van der Waals surface area contributed by atoms with Crippen molar-refractivity contribution < 1.29 is 52.0 Å². The molecule has 20 nitrogen and oxygen atoms in total. The molecule has 1 amide bonds. The standard InChI is InChI=1S/C12H11BrN4O2S.C12H10BrN3O2S.C11H12O4.CH3NO2.CH4O.H3N/c13-11-1-10(19-5-8-6-20(15,18)7-8)4-17-12(11)9(2-14)3-16-17;13-11-1-10(18-5-8-6-19(17)7-8)4-16-12(11)9(2-14)3-15-16;1-8(12)14-11(15-9(2)13)10-6-4-3-5-7-10;2-1(3)4;1-2;/h1,3-4,8,15H,5-7H2;1,3-4,8H,5-7H2;3-7,11H,1-2H3;2H2,(H,3,4);2H,1H3;1H3/p-1. The van der Waals surface area contributed by atoms with Crippen LogP contribution in [0.15, 0.2) is 76.2 Å². The van der Waals surface area contributed by atoms with Crippen molar-refractivity contribution in [2.45, 2.75) is 20.1 Å². The zero-order valence-corrected chi connectivity index (χ0v) is 37.7. The van der Waals surface area contributed by atoms with E-state index in [1.54, 1.807) is 51.8 Å². The molecule has 2 fully saturated rings. The van der Waals surface area contributed by atoms with E-state index in [1.165, 1.54) is 26.2 Å². The molecule has 1 aromatic carbocycles. The Morgan fingerprint density at radius 1 is 0.918 bits per heavy atom. The molecular weight excluding hydrogens is 970 g/mol. The normalized spacial score (nSPS) is 18.0. The predicted octanol–water partition coefficient (Wildman–Crippen LogP) is 3.62. The SMILES string of the molecule is CC(=O)OC(OC(C)=O)c1ccccc1.CO.N.N#Cc1cnn2cc(OCC3CS(=N)(=O)C3)cc(Br)c12.N#Cc1cnn2cc(OCC3CS(=O)C3)cc(Br)c12.NC(=O)[O-]. The van der Waals surface area contributed by atoms with Gasteiger partial charge in [-0.2, -0.15) is 20.7 Å². The number of halogens is 2. The molecule has 2 aliphatic heterocycles. The Morgan fingerprint density at radius 2 is 1.33 bits per heavy atom. The number of hydrogen-bond acceptors (Lipinski definition) is 17. The number of aliphatic hydroxyl groups excluding tert-OH is 1. The Labute approximate surface area is 369 Å². The van der Waals surface area contributed by atoms with Crippen molar-refractivity contribution >= 4 is 81.5 Å². The predicted molar refractivity (Wildman–Crippen MR) is 227 cm³/mol. The van der Waals surface area contributed by atoms with Crippen LogP contribution < -0.4 is 26.5 Å². The van der Waals surface area contributed by atoms with Gasteiger partial charge in [0.05, 0.1) is 60.2 Å². The summed E-state index contributed by atoms with van der Waals surface area (Å²) in [5, 5.41) is 41.8. The summed E-state index contributed by atoms with van der Waals surface area (Å²) in [6, 6.07) is 16.6. The number of carboxylic acid groups (broad SMARTS) is 1. The number of rotatable bonds is 9. The molecule has 2 aliphatic rings. The van der Waals surface area contributed by atoms with Crippen molar-refractivity contribution in [3.05, 3.63) is 92.9 Å². The lowest BCUT2D eigenvalue weighted by Gasteiger charge is -2.28. The molecule has 2 saturated heterocycles. The van der Waals surface area contributed by atoms with Gasteiger partial charge < -0.3 is 45.8 Å². The lowest BCUT2D eigenvalue weighted by Crippen LogP contribution is -2.39. The van der Waals surface area contributed by atoms with Crippen LogP contribution in [0.3, 0.4) is 0 Å². The highest BCUT2D eigenvalue weighted by molar-refractivity contribution is 9.11. The van der Waals surface area contributed by atoms with Gasteiger partial charge in [0.1, 0.15) is 29.7 Å². The molecule has 0 atom stereocenters. The van der Waals surface area contributed by atoms with Gasteiger partial charge in [-0.05, 0) is 44.0 Å². The molecule has 0 unspecified atom stereocenters. The molecule has 328 valence electrons. The zero-order chi connectivity index (χ0) is 44.6. The average Bonchev–Trinajstić information content (AvgIpc) is 3.80. The number of aromatic nitrogens is 4. The number of amides is 1. The second-order valence-corrected chi connectivity index (χ2v) is 18.1. The molecule has 4 aromatic heterocycles. The molecular formula is C37H42Br2N9O11S2-. The first-order valence-electron chi connectivity index (χ1n) is 17.3. The number of primary amides is 1. The Balaban J connectivity index is 0.000000296. The zero-order valence-electron chi connectivity index (χ0n) is 32.9. The van der Waals surface area contributed by atoms with E-state index < -0.39 is 44.9 Å². The number of pyridine rings is 2. The first kappa shape index (κ1) is 51.5. The van der Waals surface area contributed by atoms with Crippen LogP contribution in [0.25, 0.3) is 11.0 Å². The van der Waals surface area contributed by atoms with Gasteiger partial charge in [0, 0.05) is 90.8 Å². The third-order valence-corrected chi connectivity index (χ3v) is 12.7. The summed E-state index contributed by atoms with van der Waals surface area (Å²) in [6.45, 7) is 3.54. The molecule has 0 spiro atoms. The van der Waals surface area contributed by atoms with Crippen LogP contribution in [0, 0.1) is 39.3 Å². The van der Waals surface area contributed by atoms with Gasteiger partial charge in [0.25, 0.3) is 6.29 Å². The fraction of sp³-hybridized carbons (Fsp3) is 0.324. The van der Waals surface area contributed by atoms with Gasteiger partial charge in [-0.1, -0.05) is 30.3 Å². The highest BCUT2D eigenvalue weighted by Gasteiger charge is 2.30. The summed E-state index contributed by atoms with van der Waals surface area (Å²) in [4.78, 5) is 30.3. The van der Waals surface area contributed by atoms with E-state index >= 15 is 0 Å². The summed E-state index contributed by atoms with van der Waals surface area (Å²) < 4.78 is 55.4. The molecule has 0 saturated carbocycles. The molecule has 7 N–H and O–H groups in total. The van der Waals surface area contributed by atoms with E-state index in [1.807, 2.05) is 12.1 Å². The molecule has 0 bridgehead atoms. The second kappa shape index (κ2) is 24.6. The molecule has 7 rings (SSSR count). The van der Waals surface area contributed by atoms with E-state index in [4.69, 9.17) is 49.3 Å². The lowest BCUT2D eigenvalue weighted by molar-refractivity contribution is -0.245. The average molecular weight is 1010 g/mol. The van der Waals surface area contributed by atoms with E-state index in [0.29, 0.717) is 64.3 Å². The lowest BCUT2D eigenvalue weighted by atomic mass is 10.2. The first-order chi connectivity index (χ1) is 28.5. The number of fused-ring (bicyclic) bond motifs is 2. The summed E-state index contributed by atoms with van der Waals surface area (Å²) >= 11 is 6.83. The quantitative estimate of drug-likeness (QED) is 0.121. The van der Waals surface area contributed by atoms with Gasteiger partial charge in [-0.25, -0.2) is 13.2 Å². The number of nitrogens with two attached hydrogens (primary N) is 1. The fourth-order valence-electron chi connectivity index (χ4n) is 5.30. The van der Waals surface area contributed by atoms with Crippen LogP contribution >= 0.6 is 31.9 Å². The van der Waals surface area contributed by atoms with Gasteiger partial charge in [0.2, 0.25) is 0 Å². The molecule has 24 heteroatoms. The number of ether oxygens (including phenoxy) is 4. The number of nitriles is 2. The van der Waals surface area contributed by atoms with E-state index in [9.17, 15) is 18.0 Å². The number of benzene rings is 1. The van der Waals surface area contributed by atoms with E-state index in [-0.39, 0.29) is 12.1 Å². The monoisotopic (exact) mass is 1010 g/mol. The van der Waals surface area contributed by atoms with Crippen molar-refractivity contribution in [3.8, 4) is 23.6 Å². The molecule has 0 radical (unpaired) electrons. The summed E-state index contributed by atoms with van der Waals surface area (Å²) in [6.07, 6.45) is 3.94. The van der Waals surface area contributed by atoms with E-state index in [0.717, 1.165) is 33.1 Å². The van der Waals surface area contributed by atoms with Crippen LogP contribution in [0.1, 0.15) is 36.8 Å². The van der Waals surface area contributed by atoms with Crippen LogP contribution in [0.4, 0.5) is 4.79 Å². The molecule has 0 aliphatic carbocycles. The molecule has 5 aromatic rings. The van der Waals surface area contributed by atoms with Gasteiger partial charge in [-0.3, -0.25) is 18.6 Å². The Kier molecular flexibility index (Phi) is 20.8. The van der Waals surface area contributed by atoms with E-state index in [2.05, 4.69) is 59.9 Å². The number of carbonyl (C=O) groups is 3. The number of nitrogens with one attached hydrogen (secondary N) is 1. The number of esters is 2. The highest BCUT2D eigenvalue weighted by atomic mass is 79.9. The summed E-state index contributed by atoms with van der Waals surface area (Å²) in [5.74, 6) is 3.16. The first-order valence-corrected chi connectivity index (χ1v) is 22.2. The number of aliphatic hydroxyl groups is 1. The van der Waals surface area contributed by atoms with Crippen molar-refractivity contribution in [1.29, 1.82) is 15.3 Å². The van der Waals surface area contributed by atoms with Crippen molar-refractivity contribution in [3.63, 3.8) is 0 Å². The maximum Gasteiger partial charge on any atom is 0.305 e. The maximum atomic E-state index is 11.3. The van der Waals surface area contributed by atoms with Gasteiger partial charge in [-0.15, -0.1) is 0 Å². The van der Waals surface area contributed by atoms with Crippen LogP contribution in [-0.4, -0.2) is 94.1 Å². The summed E-state index contributed by atoms with van der Waals surface area (Å²) in [5.41, 5.74) is 7.00. The topological polar surface area (TPSA) is 333 Å². The van der Waals surface area contributed by atoms with Crippen LogP contribution in [0.5, 0.6) is 11.5 Å². The number of carbonyl (C=O) groups excluding carboxylic acids is 3. The highest BCUT2D eigenvalue weighted by Crippen LogP contribution is 2.29. The minimum atomic E-state index is -2.32. The third-order valence-electron chi connectivity index (χ3n) is 7.76. The Bertz CT molecular complexity index is 2470. The largest absolute Gasteiger partial charge is 0.530 e. The maximum absolute atomic E-state index is 11.3. The fourth-order valence-corrected chi connectivity index (χ4v) is 9.31. The summed E-state index contributed by atoms with van der Waals surface area (Å²) in [7, 11) is -1.97. The second-order valence-electron chi connectivity index (χ2n) is 12.5. The number of nitrogens with zero attached hydrogens (tertiary/aromatic N) is 6. The Hall–Kier alpha value is -5.63. The molecule has 61 heavy (non-hydrogen) atoms. The third kappa shape index (κ3) is 16.1.